The van der Waals surface area contributed by atoms with E-state index in [1.807, 2.05) is 17.0 Å². The Morgan fingerprint density at radius 2 is 2.27 bits per heavy atom. The van der Waals surface area contributed by atoms with E-state index in [0.29, 0.717) is 18.5 Å². The summed E-state index contributed by atoms with van der Waals surface area (Å²) in [6.07, 6.45) is 5.88. The zero-order chi connectivity index (χ0) is 15.5. The molecular formula is C17H21N3O2. The van der Waals surface area contributed by atoms with Crippen LogP contribution in [0.4, 0.5) is 0 Å². The van der Waals surface area contributed by atoms with Crippen molar-refractivity contribution in [2.45, 2.75) is 25.3 Å². The topological polar surface area (TPSA) is 58.4 Å². The number of nitrogens with zero attached hydrogens (tertiary/aromatic N) is 3. The zero-order valence-electron chi connectivity index (χ0n) is 12.8. The van der Waals surface area contributed by atoms with Crippen LogP contribution in [0.25, 0.3) is 0 Å². The number of amides is 1. The van der Waals surface area contributed by atoms with Gasteiger partial charge >= 0.3 is 0 Å². The van der Waals surface area contributed by atoms with Gasteiger partial charge in [-0.3, -0.25) is 9.48 Å². The lowest BCUT2D eigenvalue weighted by atomic mass is 10.1. The molecule has 1 aromatic carbocycles. The lowest BCUT2D eigenvalue weighted by Gasteiger charge is -2.29. The number of aliphatic hydroxyl groups is 1. The molecule has 0 fully saturated rings. The van der Waals surface area contributed by atoms with Crippen LogP contribution >= 0.6 is 0 Å². The van der Waals surface area contributed by atoms with Gasteiger partial charge in [0.05, 0.1) is 17.8 Å². The molecule has 1 atom stereocenters. The lowest BCUT2D eigenvalue weighted by molar-refractivity contribution is 0.0661. The summed E-state index contributed by atoms with van der Waals surface area (Å²) in [5, 5.41) is 13.2. The van der Waals surface area contributed by atoms with Crippen molar-refractivity contribution in [3.63, 3.8) is 0 Å². The van der Waals surface area contributed by atoms with Crippen molar-refractivity contribution >= 4 is 5.91 Å². The molecule has 22 heavy (non-hydrogen) atoms. The minimum absolute atomic E-state index is 0.0109. The molecule has 0 saturated carbocycles. The highest BCUT2D eigenvalue weighted by molar-refractivity contribution is 5.94. The highest BCUT2D eigenvalue weighted by atomic mass is 16.3. The molecule has 0 bridgehead atoms. The first-order chi connectivity index (χ1) is 10.7. The smallest absolute Gasteiger partial charge is 0.257 e. The Labute approximate surface area is 130 Å². The number of aromatic nitrogens is 2. The van der Waals surface area contributed by atoms with E-state index in [1.165, 1.54) is 11.1 Å². The molecule has 2 aromatic rings. The van der Waals surface area contributed by atoms with Crippen molar-refractivity contribution in [1.29, 1.82) is 0 Å². The number of aryl methyl sites for hydroxylation is 2. The Morgan fingerprint density at radius 1 is 1.45 bits per heavy atom. The second kappa shape index (κ2) is 6.32. The van der Waals surface area contributed by atoms with Crippen LogP contribution in [-0.4, -0.2) is 38.8 Å². The van der Waals surface area contributed by atoms with Crippen LogP contribution in [0.1, 0.15) is 40.4 Å². The fraction of sp³-hybridized carbons (Fsp3) is 0.412. The van der Waals surface area contributed by atoms with Gasteiger partial charge in [-0.05, 0) is 30.4 Å². The van der Waals surface area contributed by atoms with Gasteiger partial charge in [-0.1, -0.05) is 24.3 Å². The highest BCUT2D eigenvalue weighted by Gasteiger charge is 2.31. The first kappa shape index (κ1) is 14.8. The van der Waals surface area contributed by atoms with Crippen LogP contribution in [-0.2, 0) is 13.5 Å². The summed E-state index contributed by atoms with van der Waals surface area (Å²) < 4.78 is 1.64. The molecule has 116 valence electrons. The maximum atomic E-state index is 12.9. The van der Waals surface area contributed by atoms with Gasteiger partial charge in [0.25, 0.3) is 5.91 Å². The maximum absolute atomic E-state index is 12.9. The van der Waals surface area contributed by atoms with E-state index in [0.717, 1.165) is 12.8 Å². The van der Waals surface area contributed by atoms with Crippen molar-refractivity contribution in [3.05, 3.63) is 53.3 Å². The van der Waals surface area contributed by atoms with E-state index >= 15 is 0 Å². The summed E-state index contributed by atoms with van der Waals surface area (Å²) in [6.45, 7) is 0.647. The van der Waals surface area contributed by atoms with Gasteiger partial charge in [-0.25, -0.2) is 0 Å². The minimum Gasteiger partial charge on any atom is -0.396 e. The lowest BCUT2D eigenvalue weighted by Crippen LogP contribution is -2.35. The fourth-order valence-electron chi connectivity index (χ4n) is 3.20. The summed E-state index contributed by atoms with van der Waals surface area (Å²) in [5.74, 6) is -0.0109. The fourth-order valence-corrected chi connectivity index (χ4v) is 3.20. The Bertz CT molecular complexity index is 665. The van der Waals surface area contributed by atoms with Crippen molar-refractivity contribution in [2.75, 3.05) is 13.2 Å². The third kappa shape index (κ3) is 2.76. The van der Waals surface area contributed by atoms with Crippen LogP contribution in [0, 0.1) is 0 Å². The van der Waals surface area contributed by atoms with Crippen molar-refractivity contribution in [3.8, 4) is 0 Å². The van der Waals surface area contributed by atoms with Gasteiger partial charge in [0.15, 0.2) is 0 Å². The van der Waals surface area contributed by atoms with Gasteiger partial charge in [0.2, 0.25) is 0 Å². The Kier molecular flexibility index (Phi) is 4.24. The summed E-state index contributed by atoms with van der Waals surface area (Å²) in [6, 6.07) is 8.40. The first-order valence-electron chi connectivity index (χ1n) is 7.69. The average molecular weight is 299 g/mol. The number of carbonyl (C=O) groups excluding carboxylic acids is 1. The summed E-state index contributed by atoms with van der Waals surface area (Å²) in [7, 11) is 1.81. The molecule has 5 nitrogen and oxygen atoms in total. The molecular weight excluding hydrogens is 278 g/mol. The molecule has 0 radical (unpaired) electrons. The standard InChI is InChI=1S/C17H21N3O2/c1-19-12-14(11-18-19)17(22)20(9-4-10-21)16-8-7-13-5-2-3-6-15(13)16/h2-3,5-6,11-12,16,21H,4,7-10H2,1H3/t16-/m0/s1. The zero-order valence-corrected chi connectivity index (χ0v) is 12.8. The van der Waals surface area contributed by atoms with Crippen LogP contribution in [0.15, 0.2) is 36.7 Å². The van der Waals surface area contributed by atoms with E-state index in [9.17, 15) is 4.79 Å². The maximum Gasteiger partial charge on any atom is 0.257 e. The minimum atomic E-state index is -0.0109. The number of carbonyl (C=O) groups is 1. The molecule has 1 N–H and O–H groups in total. The number of aliphatic hydroxyl groups excluding tert-OH is 1. The van der Waals surface area contributed by atoms with Gasteiger partial charge in [0.1, 0.15) is 0 Å². The van der Waals surface area contributed by atoms with E-state index < -0.39 is 0 Å². The summed E-state index contributed by atoms with van der Waals surface area (Å²) in [5.41, 5.74) is 3.16. The number of hydrogen-bond donors (Lipinski definition) is 1. The van der Waals surface area contributed by atoms with Crippen LogP contribution in [0.2, 0.25) is 0 Å². The summed E-state index contributed by atoms with van der Waals surface area (Å²) >= 11 is 0. The largest absolute Gasteiger partial charge is 0.396 e. The molecule has 0 unspecified atom stereocenters. The Balaban J connectivity index is 1.89. The number of fused-ring (bicyclic) bond motifs is 1. The number of hydrogen-bond acceptors (Lipinski definition) is 3. The summed E-state index contributed by atoms with van der Waals surface area (Å²) in [4.78, 5) is 14.7. The van der Waals surface area contributed by atoms with Crippen LogP contribution < -0.4 is 0 Å². The van der Waals surface area contributed by atoms with Gasteiger partial charge in [0, 0.05) is 26.4 Å². The van der Waals surface area contributed by atoms with Gasteiger partial charge < -0.3 is 10.0 Å². The third-order valence-electron chi connectivity index (χ3n) is 4.25. The van der Waals surface area contributed by atoms with Gasteiger partial charge in [-0.2, -0.15) is 5.10 Å². The van der Waals surface area contributed by atoms with Crippen LogP contribution in [0.3, 0.4) is 0 Å². The van der Waals surface area contributed by atoms with E-state index in [-0.39, 0.29) is 18.6 Å². The molecule has 0 saturated heterocycles. The molecule has 1 aliphatic rings. The third-order valence-corrected chi connectivity index (χ3v) is 4.25. The normalized spacial score (nSPS) is 16.5. The predicted molar refractivity (Wildman–Crippen MR) is 83.5 cm³/mol. The monoisotopic (exact) mass is 299 g/mol. The highest BCUT2D eigenvalue weighted by Crippen LogP contribution is 2.36. The Hall–Kier alpha value is -2.14. The van der Waals surface area contributed by atoms with Crippen molar-refractivity contribution in [1.82, 2.24) is 14.7 Å². The molecule has 5 heteroatoms. The molecule has 1 amide bonds. The molecule has 3 rings (SSSR count). The predicted octanol–water partition coefficient (Wildman–Crippen LogP) is 1.93. The van der Waals surface area contributed by atoms with Crippen LogP contribution in [0.5, 0.6) is 0 Å². The molecule has 0 spiro atoms. The van der Waals surface area contributed by atoms with E-state index in [4.69, 9.17) is 5.11 Å². The van der Waals surface area contributed by atoms with Crippen molar-refractivity contribution < 1.29 is 9.90 Å². The molecule has 1 aliphatic carbocycles. The molecule has 0 aliphatic heterocycles. The molecule has 1 aromatic heterocycles. The van der Waals surface area contributed by atoms with Crippen molar-refractivity contribution in [2.24, 2.45) is 7.05 Å². The first-order valence-corrected chi connectivity index (χ1v) is 7.69. The second-order valence-electron chi connectivity index (χ2n) is 5.73. The average Bonchev–Trinajstić information content (AvgIpc) is 3.14. The second-order valence-corrected chi connectivity index (χ2v) is 5.73. The Morgan fingerprint density at radius 3 is 3.00 bits per heavy atom. The van der Waals surface area contributed by atoms with Gasteiger partial charge in [-0.15, -0.1) is 0 Å². The van der Waals surface area contributed by atoms with E-state index in [2.05, 4.69) is 17.2 Å². The number of rotatable bonds is 5. The molecule has 1 heterocycles. The quantitative estimate of drug-likeness (QED) is 0.918. The number of benzene rings is 1. The SMILES string of the molecule is Cn1cc(C(=O)N(CCCO)[C@H]2CCc3ccccc32)cn1. The van der Waals surface area contributed by atoms with E-state index in [1.54, 1.807) is 24.1 Å².